The summed E-state index contributed by atoms with van der Waals surface area (Å²) in [6, 6.07) is 3.22. The van der Waals surface area contributed by atoms with E-state index in [1.54, 1.807) is 18.3 Å². The number of imidazole rings is 1. The summed E-state index contributed by atoms with van der Waals surface area (Å²) in [4.78, 5) is 15.4. The zero-order valence-corrected chi connectivity index (χ0v) is 9.98. The molecule has 2 aromatic heterocycles. The van der Waals surface area contributed by atoms with Gasteiger partial charge < -0.3 is 9.51 Å². The first-order valence-corrected chi connectivity index (χ1v) is 6.62. The predicted octanol–water partition coefficient (Wildman–Crippen LogP) is 2.60. The fraction of sp³-hybridized carbons (Fsp3) is 0.333. The molecule has 0 spiro atoms. The number of hydrogen-bond acceptors (Lipinski definition) is 3. The van der Waals surface area contributed by atoms with Gasteiger partial charge in [0.2, 0.25) is 0 Å². The van der Waals surface area contributed by atoms with Gasteiger partial charge in [-0.1, -0.05) is 0 Å². The third-order valence-electron chi connectivity index (χ3n) is 2.99. The summed E-state index contributed by atoms with van der Waals surface area (Å²) in [5, 5.41) is 9.40. The van der Waals surface area contributed by atoms with Crippen molar-refractivity contribution in [3.8, 4) is 0 Å². The fourth-order valence-electron chi connectivity index (χ4n) is 2.10. The zero-order valence-electron chi connectivity index (χ0n) is 9.17. The smallest absolute Gasteiger partial charge is 0.335 e. The molecule has 5 heteroatoms. The SMILES string of the molecule is O=C(O)c1ccn2cc(C3CCCS3)nc2c1. The maximum Gasteiger partial charge on any atom is 0.335 e. The highest BCUT2D eigenvalue weighted by Gasteiger charge is 2.20. The molecule has 2 aromatic rings. The lowest BCUT2D eigenvalue weighted by Crippen LogP contribution is -1.97. The molecule has 0 aliphatic carbocycles. The average molecular weight is 248 g/mol. The number of rotatable bonds is 2. The van der Waals surface area contributed by atoms with Crippen molar-refractivity contribution >= 4 is 23.4 Å². The first-order chi connectivity index (χ1) is 8.24. The number of carbonyl (C=O) groups is 1. The number of carboxylic acids is 1. The Labute approximate surface area is 103 Å². The van der Waals surface area contributed by atoms with Crippen LogP contribution in [0.4, 0.5) is 0 Å². The van der Waals surface area contributed by atoms with Crippen LogP contribution in [0.1, 0.15) is 34.1 Å². The van der Waals surface area contributed by atoms with E-state index in [0.29, 0.717) is 10.9 Å². The number of fused-ring (bicyclic) bond motifs is 1. The van der Waals surface area contributed by atoms with Crippen LogP contribution in [0.25, 0.3) is 5.65 Å². The molecule has 1 atom stereocenters. The molecule has 1 fully saturated rings. The van der Waals surface area contributed by atoms with Crippen LogP contribution in [-0.4, -0.2) is 26.2 Å². The van der Waals surface area contributed by atoms with Gasteiger partial charge in [-0.2, -0.15) is 11.8 Å². The predicted molar refractivity (Wildman–Crippen MR) is 66.6 cm³/mol. The second-order valence-corrected chi connectivity index (χ2v) is 5.46. The lowest BCUT2D eigenvalue weighted by Gasteiger charge is -2.01. The lowest BCUT2D eigenvalue weighted by atomic mass is 10.2. The van der Waals surface area contributed by atoms with Gasteiger partial charge in [0.1, 0.15) is 5.65 Å². The summed E-state index contributed by atoms with van der Waals surface area (Å²) in [7, 11) is 0. The van der Waals surface area contributed by atoms with E-state index < -0.39 is 5.97 Å². The third-order valence-corrected chi connectivity index (χ3v) is 4.39. The van der Waals surface area contributed by atoms with E-state index in [2.05, 4.69) is 4.98 Å². The Morgan fingerprint density at radius 2 is 2.47 bits per heavy atom. The van der Waals surface area contributed by atoms with Crippen LogP contribution in [0.5, 0.6) is 0 Å². The first kappa shape index (κ1) is 10.7. The van der Waals surface area contributed by atoms with Gasteiger partial charge in [-0.25, -0.2) is 9.78 Å². The molecule has 3 heterocycles. The molecule has 1 unspecified atom stereocenters. The van der Waals surface area contributed by atoms with Gasteiger partial charge >= 0.3 is 5.97 Å². The van der Waals surface area contributed by atoms with Crippen molar-refractivity contribution in [2.45, 2.75) is 18.1 Å². The number of aromatic carboxylic acids is 1. The van der Waals surface area contributed by atoms with Gasteiger partial charge in [-0.3, -0.25) is 0 Å². The minimum absolute atomic E-state index is 0.286. The Bertz CT molecular complexity index is 573. The molecule has 0 radical (unpaired) electrons. The number of thioether (sulfide) groups is 1. The summed E-state index contributed by atoms with van der Waals surface area (Å²) in [6.07, 6.45) is 6.17. The van der Waals surface area contributed by atoms with Gasteiger partial charge in [0.05, 0.1) is 11.3 Å². The summed E-state index contributed by atoms with van der Waals surface area (Å²) < 4.78 is 1.89. The van der Waals surface area contributed by atoms with Gasteiger partial charge in [0.15, 0.2) is 0 Å². The maximum absolute atomic E-state index is 10.9. The Morgan fingerprint density at radius 1 is 1.59 bits per heavy atom. The summed E-state index contributed by atoms with van der Waals surface area (Å²) in [5.74, 6) is 0.283. The molecular formula is C12H12N2O2S. The maximum atomic E-state index is 10.9. The molecule has 0 saturated carbocycles. The minimum Gasteiger partial charge on any atom is -0.478 e. The van der Waals surface area contributed by atoms with Crippen molar-refractivity contribution in [3.05, 3.63) is 35.8 Å². The highest BCUT2D eigenvalue weighted by atomic mass is 32.2. The van der Waals surface area contributed by atoms with Crippen LogP contribution in [0.3, 0.4) is 0 Å². The van der Waals surface area contributed by atoms with Crippen molar-refractivity contribution in [1.29, 1.82) is 0 Å². The van der Waals surface area contributed by atoms with Crippen LogP contribution in [0.2, 0.25) is 0 Å². The highest BCUT2D eigenvalue weighted by Crippen LogP contribution is 2.39. The van der Waals surface area contributed by atoms with Crippen LogP contribution in [0.15, 0.2) is 24.5 Å². The van der Waals surface area contributed by atoms with Crippen LogP contribution < -0.4 is 0 Å². The zero-order chi connectivity index (χ0) is 11.8. The number of nitrogens with zero attached hydrogens (tertiary/aromatic N) is 2. The Morgan fingerprint density at radius 3 is 3.18 bits per heavy atom. The Hall–Kier alpha value is -1.49. The van der Waals surface area contributed by atoms with E-state index in [4.69, 9.17) is 5.11 Å². The van der Waals surface area contributed by atoms with Gasteiger partial charge in [-0.05, 0) is 30.7 Å². The van der Waals surface area contributed by atoms with E-state index in [9.17, 15) is 4.79 Å². The molecular weight excluding hydrogens is 236 g/mol. The number of carboxylic acid groups (broad SMARTS) is 1. The first-order valence-electron chi connectivity index (χ1n) is 5.57. The van der Waals surface area contributed by atoms with E-state index in [1.165, 1.54) is 18.6 Å². The van der Waals surface area contributed by atoms with Crippen molar-refractivity contribution in [2.75, 3.05) is 5.75 Å². The third kappa shape index (κ3) is 1.91. The number of pyridine rings is 1. The quantitative estimate of drug-likeness (QED) is 0.887. The highest BCUT2D eigenvalue weighted by molar-refractivity contribution is 7.99. The van der Waals surface area contributed by atoms with E-state index in [-0.39, 0.29) is 5.56 Å². The molecule has 1 N–H and O–H groups in total. The molecule has 1 aliphatic rings. The molecule has 17 heavy (non-hydrogen) atoms. The van der Waals surface area contributed by atoms with Crippen molar-refractivity contribution < 1.29 is 9.90 Å². The van der Waals surface area contributed by atoms with Crippen molar-refractivity contribution in [2.24, 2.45) is 0 Å². The summed E-state index contributed by atoms with van der Waals surface area (Å²) in [6.45, 7) is 0. The molecule has 1 saturated heterocycles. The molecule has 3 rings (SSSR count). The van der Waals surface area contributed by atoms with Gasteiger partial charge in [0.25, 0.3) is 0 Å². The second kappa shape index (κ2) is 4.07. The van der Waals surface area contributed by atoms with Crippen LogP contribution in [-0.2, 0) is 0 Å². The number of aromatic nitrogens is 2. The van der Waals surface area contributed by atoms with E-state index in [1.807, 2.05) is 22.4 Å². The molecule has 4 nitrogen and oxygen atoms in total. The average Bonchev–Trinajstić information content (AvgIpc) is 2.96. The van der Waals surface area contributed by atoms with Crippen molar-refractivity contribution in [3.63, 3.8) is 0 Å². The lowest BCUT2D eigenvalue weighted by molar-refractivity contribution is 0.0697. The Balaban J connectivity index is 2.03. The molecule has 0 bridgehead atoms. The van der Waals surface area contributed by atoms with Gasteiger partial charge in [0, 0.05) is 17.6 Å². The summed E-state index contributed by atoms with van der Waals surface area (Å²) >= 11 is 1.93. The summed E-state index contributed by atoms with van der Waals surface area (Å²) in [5.41, 5.74) is 2.07. The van der Waals surface area contributed by atoms with E-state index in [0.717, 1.165) is 5.69 Å². The molecule has 88 valence electrons. The largest absolute Gasteiger partial charge is 0.478 e. The molecule has 0 amide bonds. The van der Waals surface area contributed by atoms with Gasteiger partial charge in [-0.15, -0.1) is 0 Å². The molecule has 1 aliphatic heterocycles. The topological polar surface area (TPSA) is 54.6 Å². The second-order valence-electron chi connectivity index (χ2n) is 4.15. The standard InChI is InChI=1S/C12H12N2O2S/c15-12(16)8-3-4-14-7-9(13-11(14)6-8)10-2-1-5-17-10/h3-4,6-7,10H,1-2,5H2,(H,15,16). The van der Waals surface area contributed by atoms with Crippen molar-refractivity contribution in [1.82, 2.24) is 9.38 Å². The minimum atomic E-state index is -0.910. The van der Waals surface area contributed by atoms with Crippen LogP contribution in [0, 0.1) is 0 Å². The molecule has 0 aromatic carbocycles. The number of hydrogen-bond donors (Lipinski definition) is 1. The normalized spacial score (nSPS) is 19.9. The fourth-order valence-corrected chi connectivity index (χ4v) is 3.34. The van der Waals surface area contributed by atoms with Crippen LogP contribution >= 0.6 is 11.8 Å². The monoisotopic (exact) mass is 248 g/mol. The van der Waals surface area contributed by atoms with E-state index >= 15 is 0 Å². The Kier molecular flexibility index (Phi) is 2.55.